The lowest BCUT2D eigenvalue weighted by molar-refractivity contribution is -0.137. The van der Waals surface area contributed by atoms with Crippen molar-refractivity contribution in [2.24, 2.45) is 0 Å². The zero-order chi connectivity index (χ0) is 14.6. The second kappa shape index (κ2) is 6.48. The molecule has 0 aliphatic carbocycles. The summed E-state index contributed by atoms with van der Waals surface area (Å²) in [5, 5.41) is 3.25. The van der Waals surface area contributed by atoms with Gasteiger partial charge in [-0.15, -0.1) is 0 Å². The molecule has 0 bridgehead atoms. The number of benzene rings is 1. The van der Waals surface area contributed by atoms with Crippen molar-refractivity contribution in [1.82, 2.24) is 4.90 Å². The molecule has 0 amide bonds. The van der Waals surface area contributed by atoms with Crippen LogP contribution >= 0.6 is 0 Å². The topological polar surface area (TPSA) is 15.3 Å². The van der Waals surface area contributed by atoms with Gasteiger partial charge in [-0.05, 0) is 50.6 Å². The molecule has 0 aromatic heterocycles. The molecule has 2 rings (SSSR count). The molecule has 1 aromatic rings. The van der Waals surface area contributed by atoms with E-state index in [0.29, 0.717) is 5.69 Å². The Labute approximate surface area is 118 Å². The van der Waals surface area contributed by atoms with Crippen molar-refractivity contribution in [1.29, 1.82) is 0 Å². The SMILES string of the molecule is CCN1CCCC(Nc2cccc(C(F)(F)F)c2)CC1. The summed E-state index contributed by atoms with van der Waals surface area (Å²) >= 11 is 0. The number of hydrogen-bond acceptors (Lipinski definition) is 2. The average Bonchev–Trinajstić information content (AvgIpc) is 2.63. The quantitative estimate of drug-likeness (QED) is 0.903. The highest BCUT2D eigenvalue weighted by Gasteiger charge is 2.30. The van der Waals surface area contributed by atoms with Gasteiger partial charge in [0.15, 0.2) is 0 Å². The Balaban J connectivity index is 1.99. The van der Waals surface area contributed by atoms with E-state index in [1.807, 2.05) is 0 Å². The molecule has 1 N–H and O–H groups in total. The lowest BCUT2D eigenvalue weighted by Crippen LogP contribution is -2.26. The van der Waals surface area contributed by atoms with Crippen molar-refractivity contribution in [3.05, 3.63) is 29.8 Å². The minimum absolute atomic E-state index is 0.259. The van der Waals surface area contributed by atoms with Gasteiger partial charge in [-0.25, -0.2) is 0 Å². The maximum atomic E-state index is 12.7. The largest absolute Gasteiger partial charge is 0.416 e. The Morgan fingerprint density at radius 2 is 2.05 bits per heavy atom. The Morgan fingerprint density at radius 1 is 1.25 bits per heavy atom. The Morgan fingerprint density at radius 3 is 2.75 bits per heavy atom. The smallest absolute Gasteiger partial charge is 0.382 e. The maximum absolute atomic E-state index is 12.7. The number of halogens is 3. The zero-order valence-corrected chi connectivity index (χ0v) is 11.7. The summed E-state index contributed by atoms with van der Waals surface area (Å²) < 4.78 is 38.0. The molecule has 1 fully saturated rings. The molecule has 2 nitrogen and oxygen atoms in total. The molecule has 1 atom stereocenters. The van der Waals surface area contributed by atoms with E-state index in [0.717, 1.165) is 45.0 Å². The van der Waals surface area contributed by atoms with E-state index >= 15 is 0 Å². The molecule has 1 heterocycles. The Bertz CT molecular complexity index is 431. The summed E-state index contributed by atoms with van der Waals surface area (Å²) in [7, 11) is 0. The molecular formula is C15H21F3N2. The molecule has 20 heavy (non-hydrogen) atoms. The van der Waals surface area contributed by atoms with Crippen molar-refractivity contribution in [3.63, 3.8) is 0 Å². The lowest BCUT2D eigenvalue weighted by atomic mass is 10.1. The molecule has 112 valence electrons. The van der Waals surface area contributed by atoms with Gasteiger partial charge in [0.2, 0.25) is 0 Å². The summed E-state index contributed by atoms with van der Waals surface area (Å²) in [6.45, 7) is 5.27. The fourth-order valence-corrected chi connectivity index (χ4v) is 2.64. The van der Waals surface area contributed by atoms with Crippen LogP contribution in [0.1, 0.15) is 31.7 Å². The Hall–Kier alpha value is -1.23. The number of alkyl halides is 3. The minimum Gasteiger partial charge on any atom is -0.382 e. The van der Waals surface area contributed by atoms with Crippen molar-refractivity contribution in [2.45, 2.75) is 38.4 Å². The number of anilines is 1. The van der Waals surface area contributed by atoms with Gasteiger partial charge in [0.25, 0.3) is 0 Å². The van der Waals surface area contributed by atoms with Gasteiger partial charge < -0.3 is 10.2 Å². The van der Waals surface area contributed by atoms with E-state index in [9.17, 15) is 13.2 Å². The van der Waals surface area contributed by atoms with E-state index in [4.69, 9.17) is 0 Å². The summed E-state index contributed by atoms with van der Waals surface area (Å²) in [6.07, 6.45) is -1.21. The van der Waals surface area contributed by atoms with Gasteiger partial charge in [0.05, 0.1) is 5.56 Å². The third kappa shape index (κ3) is 4.13. The molecular weight excluding hydrogens is 265 g/mol. The number of nitrogens with one attached hydrogen (secondary N) is 1. The van der Waals surface area contributed by atoms with E-state index in [-0.39, 0.29) is 6.04 Å². The van der Waals surface area contributed by atoms with Crippen LogP contribution in [0.4, 0.5) is 18.9 Å². The standard InChI is InChI=1S/C15H21F3N2/c1-2-20-9-4-7-13(8-10-20)19-14-6-3-5-12(11-14)15(16,17)18/h3,5-6,11,13,19H,2,4,7-10H2,1H3. The number of likely N-dealkylation sites (tertiary alicyclic amines) is 1. The van der Waals surface area contributed by atoms with Gasteiger partial charge in [-0.1, -0.05) is 13.0 Å². The third-order valence-corrected chi connectivity index (χ3v) is 3.83. The summed E-state index contributed by atoms with van der Waals surface area (Å²) in [5.41, 5.74) is -0.0268. The first-order chi connectivity index (χ1) is 9.49. The van der Waals surface area contributed by atoms with E-state index in [2.05, 4.69) is 17.1 Å². The monoisotopic (exact) mass is 286 g/mol. The minimum atomic E-state index is -4.28. The highest BCUT2D eigenvalue weighted by atomic mass is 19.4. The number of nitrogens with zero attached hydrogens (tertiary/aromatic N) is 1. The maximum Gasteiger partial charge on any atom is 0.416 e. The highest BCUT2D eigenvalue weighted by molar-refractivity contribution is 5.47. The summed E-state index contributed by atoms with van der Waals surface area (Å²) in [4.78, 5) is 2.38. The predicted octanol–water partition coefficient (Wildman–Crippen LogP) is 3.99. The molecule has 0 radical (unpaired) electrons. The Kier molecular flexibility index (Phi) is 4.91. The van der Waals surface area contributed by atoms with Gasteiger partial charge >= 0.3 is 6.18 Å². The number of rotatable bonds is 3. The fraction of sp³-hybridized carbons (Fsp3) is 0.600. The molecule has 5 heteroatoms. The summed E-state index contributed by atoms with van der Waals surface area (Å²) in [5.74, 6) is 0. The summed E-state index contributed by atoms with van der Waals surface area (Å²) in [6, 6.07) is 5.73. The van der Waals surface area contributed by atoms with Gasteiger partial charge in [-0.2, -0.15) is 13.2 Å². The second-order valence-corrected chi connectivity index (χ2v) is 5.28. The molecule has 1 aromatic carbocycles. The van der Waals surface area contributed by atoms with Crippen LogP contribution in [0.25, 0.3) is 0 Å². The molecule has 1 unspecified atom stereocenters. The van der Waals surface area contributed by atoms with Gasteiger partial charge in [-0.3, -0.25) is 0 Å². The van der Waals surface area contributed by atoms with E-state index in [1.54, 1.807) is 6.07 Å². The third-order valence-electron chi connectivity index (χ3n) is 3.83. The van der Waals surface area contributed by atoms with Crippen LogP contribution < -0.4 is 5.32 Å². The van der Waals surface area contributed by atoms with Gasteiger partial charge in [0.1, 0.15) is 0 Å². The molecule has 0 spiro atoms. The van der Waals surface area contributed by atoms with Crippen molar-refractivity contribution >= 4 is 5.69 Å². The van der Waals surface area contributed by atoms with Crippen LogP contribution in [0.15, 0.2) is 24.3 Å². The van der Waals surface area contributed by atoms with Gasteiger partial charge in [0, 0.05) is 18.3 Å². The van der Waals surface area contributed by atoms with Crippen LogP contribution in [0.3, 0.4) is 0 Å². The predicted molar refractivity (Wildman–Crippen MR) is 74.8 cm³/mol. The van der Waals surface area contributed by atoms with Crippen molar-refractivity contribution in [2.75, 3.05) is 25.0 Å². The first-order valence-electron chi connectivity index (χ1n) is 7.15. The van der Waals surface area contributed by atoms with Crippen LogP contribution in [0, 0.1) is 0 Å². The normalized spacial score (nSPS) is 21.5. The second-order valence-electron chi connectivity index (χ2n) is 5.28. The van der Waals surface area contributed by atoms with E-state index < -0.39 is 11.7 Å². The highest BCUT2D eigenvalue weighted by Crippen LogP contribution is 2.31. The van der Waals surface area contributed by atoms with Crippen LogP contribution in [-0.4, -0.2) is 30.6 Å². The molecule has 1 aliphatic heterocycles. The van der Waals surface area contributed by atoms with Crippen LogP contribution in [0.5, 0.6) is 0 Å². The van der Waals surface area contributed by atoms with E-state index in [1.165, 1.54) is 12.1 Å². The fourth-order valence-electron chi connectivity index (χ4n) is 2.64. The average molecular weight is 286 g/mol. The number of hydrogen-bond donors (Lipinski definition) is 1. The lowest BCUT2D eigenvalue weighted by Gasteiger charge is -2.20. The molecule has 1 aliphatic rings. The first-order valence-corrected chi connectivity index (χ1v) is 7.15. The molecule has 1 saturated heterocycles. The molecule has 0 saturated carbocycles. The van der Waals surface area contributed by atoms with Crippen LogP contribution in [0.2, 0.25) is 0 Å². The van der Waals surface area contributed by atoms with Crippen LogP contribution in [-0.2, 0) is 6.18 Å². The first kappa shape index (κ1) is 15.2. The zero-order valence-electron chi connectivity index (χ0n) is 11.7. The van der Waals surface area contributed by atoms with Crippen molar-refractivity contribution in [3.8, 4) is 0 Å². The van der Waals surface area contributed by atoms with Crippen molar-refractivity contribution < 1.29 is 13.2 Å².